The smallest absolute Gasteiger partial charge is 0.242 e. The maximum atomic E-state index is 12.9. The highest BCUT2D eigenvalue weighted by Crippen LogP contribution is 2.35. The van der Waals surface area contributed by atoms with E-state index >= 15 is 0 Å². The third-order valence-corrected chi connectivity index (χ3v) is 6.50. The van der Waals surface area contributed by atoms with E-state index < -0.39 is 6.04 Å². The van der Waals surface area contributed by atoms with Gasteiger partial charge < -0.3 is 15.6 Å². The Bertz CT molecular complexity index is 993. The number of rotatable bonds is 6. The number of aromatic nitrogens is 1. The average molecular weight is 410 g/mol. The molecule has 1 aliphatic heterocycles. The van der Waals surface area contributed by atoms with Crippen molar-refractivity contribution in [2.24, 2.45) is 0 Å². The Labute approximate surface area is 174 Å². The maximum absolute atomic E-state index is 12.9. The summed E-state index contributed by atoms with van der Waals surface area (Å²) in [5.41, 5.74) is 4.69. The zero-order chi connectivity index (χ0) is 20.2. The van der Waals surface area contributed by atoms with Crippen LogP contribution in [0.15, 0.2) is 41.2 Å². The van der Waals surface area contributed by atoms with Crippen molar-refractivity contribution in [1.29, 1.82) is 0 Å². The summed E-state index contributed by atoms with van der Waals surface area (Å²) >= 11 is 1.64. The van der Waals surface area contributed by atoms with Crippen molar-refractivity contribution < 1.29 is 9.59 Å². The van der Waals surface area contributed by atoms with Gasteiger partial charge in [0.2, 0.25) is 11.8 Å². The van der Waals surface area contributed by atoms with Gasteiger partial charge in [-0.1, -0.05) is 25.1 Å². The van der Waals surface area contributed by atoms with Gasteiger partial charge in [-0.25, -0.2) is 0 Å². The molecule has 5 nitrogen and oxygen atoms in total. The second-order valence-corrected chi connectivity index (χ2v) is 8.44. The molecule has 2 aromatic heterocycles. The Morgan fingerprint density at radius 1 is 1.31 bits per heavy atom. The normalized spacial score (nSPS) is 18.2. The molecule has 2 amide bonds. The fraction of sp³-hybridized carbons (Fsp3) is 0.391. The largest absolute Gasteiger partial charge is 0.361 e. The molecule has 1 fully saturated rings. The molecule has 3 aromatic rings. The Kier molecular flexibility index (Phi) is 6.00. The monoisotopic (exact) mass is 409 g/mol. The van der Waals surface area contributed by atoms with Crippen LogP contribution in [0, 0.1) is 0 Å². The van der Waals surface area contributed by atoms with Gasteiger partial charge in [0.1, 0.15) is 6.04 Å². The molecule has 152 valence electrons. The zero-order valence-corrected chi connectivity index (χ0v) is 17.5. The van der Waals surface area contributed by atoms with Crippen LogP contribution in [0.2, 0.25) is 0 Å². The predicted octanol–water partition coefficient (Wildman–Crippen LogP) is 4.10. The lowest BCUT2D eigenvalue weighted by Crippen LogP contribution is -2.45. The van der Waals surface area contributed by atoms with Crippen molar-refractivity contribution >= 4 is 34.1 Å². The van der Waals surface area contributed by atoms with Crippen molar-refractivity contribution in [3.8, 4) is 0 Å². The van der Waals surface area contributed by atoms with E-state index in [2.05, 4.69) is 52.2 Å². The third-order valence-electron chi connectivity index (χ3n) is 5.80. The standard InChI is InChI=1S/C23H27N3O2S/c1-2-15-6-5-7-17-19(13-25-22(15)17)18(16-9-11-29-14-16)12-21(27)26-20-8-3-4-10-24-23(20)28/h5-7,9,11,13-14,18,20,25H,2-4,8,10,12H2,1H3,(H,24,28)(H,26,27). The molecule has 0 bridgehead atoms. The molecule has 4 rings (SSSR count). The molecule has 2 atom stereocenters. The number of aryl methyl sites for hydroxylation is 1. The topological polar surface area (TPSA) is 74.0 Å². The number of H-pyrrole nitrogens is 1. The van der Waals surface area contributed by atoms with E-state index in [1.165, 1.54) is 10.9 Å². The number of para-hydroxylation sites is 1. The second kappa shape index (κ2) is 8.82. The molecule has 29 heavy (non-hydrogen) atoms. The number of benzene rings is 1. The summed E-state index contributed by atoms with van der Waals surface area (Å²) in [6, 6.07) is 8.00. The van der Waals surface area contributed by atoms with Gasteiger partial charge in [0.15, 0.2) is 0 Å². The van der Waals surface area contributed by atoms with Crippen LogP contribution in [-0.2, 0) is 16.0 Å². The lowest BCUT2D eigenvalue weighted by molar-refractivity contribution is -0.128. The number of fused-ring (bicyclic) bond motifs is 1. The zero-order valence-electron chi connectivity index (χ0n) is 16.7. The van der Waals surface area contributed by atoms with Gasteiger partial charge in [-0.15, -0.1) is 0 Å². The first-order valence-corrected chi connectivity index (χ1v) is 11.3. The second-order valence-electron chi connectivity index (χ2n) is 7.66. The molecule has 0 spiro atoms. The highest BCUT2D eigenvalue weighted by Gasteiger charge is 2.26. The maximum Gasteiger partial charge on any atom is 0.242 e. The summed E-state index contributed by atoms with van der Waals surface area (Å²) < 4.78 is 0. The number of carbonyl (C=O) groups excluding carboxylic acids is 2. The summed E-state index contributed by atoms with van der Waals surface area (Å²) in [6.45, 7) is 2.84. The number of nitrogens with one attached hydrogen (secondary N) is 3. The highest BCUT2D eigenvalue weighted by molar-refractivity contribution is 7.08. The molecule has 6 heteroatoms. The molecular formula is C23H27N3O2S. The molecule has 0 aliphatic carbocycles. The Morgan fingerprint density at radius 2 is 2.21 bits per heavy atom. The van der Waals surface area contributed by atoms with E-state index in [9.17, 15) is 9.59 Å². The molecule has 3 heterocycles. The van der Waals surface area contributed by atoms with Crippen LogP contribution < -0.4 is 10.6 Å². The molecule has 3 N–H and O–H groups in total. The Morgan fingerprint density at radius 3 is 3.00 bits per heavy atom. The minimum Gasteiger partial charge on any atom is -0.361 e. The predicted molar refractivity (Wildman–Crippen MR) is 117 cm³/mol. The summed E-state index contributed by atoms with van der Waals surface area (Å²) in [5, 5.41) is 11.2. The summed E-state index contributed by atoms with van der Waals surface area (Å²) in [4.78, 5) is 28.6. The van der Waals surface area contributed by atoms with Crippen molar-refractivity contribution in [1.82, 2.24) is 15.6 Å². The number of carbonyl (C=O) groups is 2. The van der Waals surface area contributed by atoms with Crippen LogP contribution >= 0.6 is 11.3 Å². The van der Waals surface area contributed by atoms with Crippen molar-refractivity contribution in [3.05, 3.63) is 57.9 Å². The van der Waals surface area contributed by atoms with E-state index in [-0.39, 0.29) is 17.7 Å². The number of amides is 2. The quantitative estimate of drug-likeness (QED) is 0.573. The van der Waals surface area contributed by atoms with E-state index in [1.54, 1.807) is 11.3 Å². The van der Waals surface area contributed by atoms with E-state index in [4.69, 9.17) is 0 Å². The van der Waals surface area contributed by atoms with Crippen molar-refractivity contribution in [2.75, 3.05) is 6.54 Å². The van der Waals surface area contributed by atoms with Gasteiger partial charge in [0.05, 0.1) is 0 Å². The summed E-state index contributed by atoms with van der Waals surface area (Å²) in [6.07, 6.45) is 5.93. The number of aromatic amines is 1. The van der Waals surface area contributed by atoms with Crippen LogP contribution in [0.1, 0.15) is 55.2 Å². The van der Waals surface area contributed by atoms with Gasteiger partial charge in [0, 0.05) is 36.0 Å². The first-order valence-electron chi connectivity index (χ1n) is 10.4. The Balaban J connectivity index is 1.60. The molecule has 1 saturated heterocycles. The van der Waals surface area contributed by atoms with E-state index in [1.807, 2.05) is 11.6 Å². The van der Waals surface area contributed by atoms with E-state index in [0.717, 1.165) is 35.9 Å². The van der Waals surface area contributed by atoms with Crippen LogP contribution in [0.25, 0.3) is 10.9 Å². The molecule has 2 unspecified atom stereocenters. The van der Waals surface area contributed by atoms with Gasteiger partial charge in [-0.05, 0) is 59.2 Å². The molecule has 0 saturated carbocycles. The lowest BCUT2D eigenvalue weighted by Gasteiger charge is -2.19. The molecule has 1 aromatic carbocycles. The highest BCUT2D eigenvalue weighted by atomic mass is 32.1. The number of hydrogen-bond donors (Lipinski definition) is 3. The van der Waals surface area contributed by atoms with Gasteiger partial charge in [0.25, 0.3) is 0 Å². The van der Waals surface area contributed by atoms with Crippen LogP contribution in [0.3, 0.4) is 0 Å². The van der Waals surface area contributed by atoms with Gasteiger partial charge in [-0.3, -0.25) is 9.59 Å². The minimum atomic E-state index is -0.428. The molecule has 1 aliphatic rings. The van der Waals surface area contributed by atoms with Gasteiger partial charge >= 0.3 is 0 Å². The minimum absolute atomic E-state index is 0.0454. The Hall–Kier alpha value is -2.60. The molecule has 0 radical (unpaired) electrons. The van der Waals surface area contributed by atoms with E-state index in [0.29, 0.717) is 19.4 Å². The van der Waals surface area contributed by atoms with Crippen molar-refractivity contribution in [2.45, 2.75) is 51.0 Å². The van der Waals surface area contributed by atoms with Crippen molar-refractivity contribution in [3.63, 3.8) is 0 Å². The van der Waals surface area contributed by atoms with Gasteiger partial charge in [-0.2, -0.15) is 11.3 Å². The number of hydrogen-bond acceptors (Lipinski definition) is 3. The third kappa shape index (κ3) is 4.22. The lowest BCUT2D eigenvalue weighted by atomic mass is 9.89. The summed E-state index contributed by atoms with van der Waals surface area (Å²) in [7, 11) is 0. The van der Waals surface area contributed by atoms with Crippen LogP contribution in [-0.4, -0.2) is 29.4 Å². The van der Waals surface area contributed by atoms with Crippen LogP contribution in [0.4, 0.5) is 0 Å². The molecular weight excluding hydrogens is 382 g/mol. The SMILES string of the molecule is CCc1cccc2c(C(CC(=O)NC3CCCCNC3=O)c3ccsc3)c[nH]c12. The first-order chi connectivity index (χ1) is 14.2. The fourth-order valence-corrected chi connectivity index (χ4v) is 4.93. The number of thiophene rings is 1. The first kappa shape index (κ1) is 19.7. The summed E-state index contributed by atoms with van der Waals surface area (Å²) in [5.74, 6) is -0.192. The average Bonchev–Trinajstić information content (AvgIpc) is 3.36. The fourth-order valence-electron chi connectivity index (χ4n) is 4.22. The van der Waals surface area contributed by atoms with Crippen LogP contribution in [0.5, 0.6) is 0 Å².